The highest BCUT2D eigenvalue weighted by Crippen LogP contribution is 2.17. The third-order valence-corrected chi connectivity index (χ3v) is 3.58. The lowest BCUT2D eigenvalue weighted by molar-refractivity contribution is -0.125. The number of likely N-dealkylation sites (tertiary alicyclic amines) is 1. The molecule has 0 spiro atoms. The Morgan fingerprint density at radius 3 is 2.74 bits per heavy atom. The summed E-state index contributed by atoms with van der Waals surface area (Å²) in [6, 6.07) is 8.03. The van der Waals surface area contributed by atoms with Crippen molar-refractivity contribution >= 4 is 17.7 Å². The number of nitrogens with zero attached hydrogens (tertiary/aromatic N) is 2. The first kappa shape index (κ1) is 16.8. The van der Waals surface area contributed by atoms with Gasteiger partial charge < -0.3 is 20.4 Å². The number of hydrogen-bond acceptors (Lipinski definition) is 5. The van der Waals surface area contributed by atoms with E-state index in [0.717, 1.165) is 4.90 Å². The van der Waals surface area contributed by atoms with Gasteiger partial charge in [0, 0.05) is 13.0 Å². The minimum Gasteiger partial charge on any atom is -0.465 e. The molecular formula is C15H19N3O5. The molecule has 2 amide bonds. The Hall–Kier alpha value is -2.61. The van der Waals surface area contributed by atoms with Gasteiger partial charge >= 0.3 is 6.09 Å². The standard InChI is InChI=1S/C15H19N3O5/c1-23-17-11-7-12(18(9-11)15(21)22)14(20)16-8-13(19)10-5-3-2-4-6-10/h2-6,12-13,19H,7-9H2,1H3,(H,16,20)(H,21,22)/t12-,13+/m0/s1. The fourth-order valence-electron chi connectivity index (χ4n) is 2.44. The summed E-state index contributed by atoms with van der Waals surface area (Å²) in [5.74, 6) is -0.469. The highest BCUT2D eigenvalue weighted by Gasteiger charge is 2.38. The predicted molar refractivity (Wildman–Crippen MR) is 82.0 cm³/mol. The summed E-state index contributed by atoms with van der Waals surface area (Å²) in [6.45, 7) is 0.0338. The molecule has 1 aromatic carbocycles. The van der Waals surface area contributed by atoms with Gasteiger partial charge in [-0.25, -0.2) is 4.79 Å². The van der Waals surface area contributed by atoms with Crippen LogP contribution < -0.4 is 5.32 Å². The molecule has 0 aliphatic carbocycles. The first-order chi connectivity index (χ1) is 11.0. The number of benzene rings is 1. The van der Waals surface area contributed by atoms with Crippen LogP contribution in [-0.4, -0.2) is 59.1 Å². The Bertz CT molecular complexity index is 590. The quantitative estimate of drug-likeness (QED) is 0.687. The van der Waals surface area contributed by atoms with E-state index in [1.165, 1.54) is 7.11 Å². The maximum atomic E-state index is 12.2. The number of aliphatic hydroxyl groups excluding tert-OH is 1. The van der Waals surface area contributed by atoms with Gasteiger partial charge in [0.05, 0.1) is 18.4 Å². The van der Waals surface area contributed by atoms with Gasteiger partial charge in [-0.15, -0.1) is 0 Å². The van der Waals surface area contributed by atoms with E-state index in [9.17, 15) is 19.8 Å². The summed E-state index contributed by atoms with van der Waals surface area (Å²) in [7, 11) is 1.36. The molecule has 1 saturated heterocycles. The van der Waals surface area contributed by atoms with E-state index < -0.39 is 24.1 Å². The Morgan fingerprint density at radius 1 is 1.43 bits per heavy atom. The van der Waals surface area contributed by atoms with Crippen molar-refractivity contribution in [2.24, 2.45) is 5.16 Å². The number of carboxylic acid groups (broad SMARTS) is 1. The van der Waals surface area contributed by atoms with Crippen LogP contribution in [0.4, 0.5) is 4.79 Å². The van der Waals surface area contributed by atoms with Crippen LogP contribution in [0.25, 0.3) is 0 Å². The van der Waals surface area contributed by atoms with Crippen LogP contribution >= 0.6 is 0 Å². The van der Waals surface area contributed by atoms with E-state index in [1.807, 2.05) is 6.07 Å². The fraction of sp³-hybridized carbons (Fsp3) is 0.400. The number of hydrogen-bond donors (Lipinski definition) is 3. The zero-order chi connectivity index (χ0) is 16.8. The molecule has 1 fully saturated rings. The second-order valence-corrected chi connectivity index (χ2v) is 5.14. The number of oxime groups is 1. The first-order valence-electron chi connectivity index (χ1n) is 7.12. The molecule has 1 heterocycles. The summed E-state index contributed by atoms with van der Waals surface area (Å²) in [5, 5.41) is 25.5. The monoisotopic (exact) mass is 321 g/mol. The van der Waals surface area contributed by atoms with Crippen molar-refractivity contribution in [2.45, 2.75) is 18.6 Å². The minimum absolute atomic E-state index is 0.00353. The van der Waals surface area contributed by atoms with Gasteiger partial charge in [0.15, 0.2) is 0 Å². The molecule has 8 nitrogen and oxygen atoms in total. The highest BCUT2D eigenvalue weighted by molar-refractivity contribution is 5.99. The van der Waals surface area contributed by atoms with Crippen molar-refractivity contribution in [2.75, 3.05) is 20.2 Å². The molecule has 0 aromatic heterocycles. The molecule has 124 valence electrons. The summed E-state index contributed by atoms with van der Waals surface area (Å²) >= 11 is 0. The fourth-order valence-corrected chi connectivity index (χ4v) is 2.44. The smallest absolute Gasteiger partial charge is 0.408 e. The zero-order valence-corrected chi connectivity index (χ0v) is 12.7. The largest absolute Gasteiger partial charge is 0.465 e. The van der Waals surface area contributed by atoms with Crippen molar-refractivity contribution in [3.63, 3.8) is 0 Å². The predicted octanol–water partition coefficient (Wildman–Crippen LogP) is 0.591. The molecule has 1 aliphatic rings. The third-order valence-electron chi connectivity index (χ3n) is 3.58. The van der Waals surface area contributed by atoms with Crippen molar-refractivity contribution in [3.05, 3.63) is 35.9 Å². The molecular weight excluding hydrogens is 302 g/mol. The van der Waals surface area contributed by atoms with Gasteiger partial charge in [-0.3, -0.25) is 9.69 Å². The van der Waals surface area contributed by atoms with Crippen LogP contribution in [0.1, 0.15) is 18.1 Å². The van der Waals surface area contributed by atoms with Crippen LogP contribution in [0.2, 0.25) is 0 Å². The zero-order valence-electron chi connectivity index (χ0n) is 12.7. The summed E-state index contributed by atoms with van der Waals surface area (Å²) in [5.41, 5.74) is 1.16. The number of amides is 2. The second kappa shape index (κ2) is 7.59. The number of carbonyl (C=O) groups is 2. The van der Waals surface area contributed by atoms with E-state index in [-0.39, 0.29) is 19.5 Å². The number of aliphatic hydroxyl groups is 1. The van der Waals surface area contributed by atoms with Gasteiger partial charge in [-0.1, -0.05) is 35.5 Å². The normalized spacial score (nSPS) is 20.3. The van der Waals surface area contributed by atoms with Crippen molar-refractivity contribution in [1.82, 2.24) is 10.2 Å². The second-order valence-electron chi connectivity index (χ2n) is 5.14. The van der Waals surface area contributed by atoms with Crippen molar-refractivity contribution in [1.29, 1.82) is 0 Å². The van der Waals surface area contributed by atoms with Crippen LogP contribution in [0.5, 0.6) is 0 Å². The SMILES string of the molecule is CON=C1C[C@@H](C(=O)NC[C@@H](O)c2ccccc2)N(C(=O)O)C1. The van der Waals surface area contributed by atoms with Crippen LogP contribution in [0.15, 0.2) is 35.5 Å². The average molecular weight is 321 g/mol. The minimum atomic E-state index is -1.20. The molecule has 0 radical (unpaired) electrons. The molecule has 8 heteroatoms. The third kappa shape index (κ3) is 4.19. The highest BCUT2D eigenvalue weighted by atomic mass is 16.6. The lowest BCUT2D eigenvalue weighted by atomic mass is 10.1. The van der Waals surface area contributed by atoms with E-state index >= 15 is 0 Å². The molecule has 0 unspecified atom stereocenters. The van der Waals surface area contributed by atoms with Crippen molar-refractivity contribution in [3.8, 4) is 0 Å². The summed E-state index contributed by atoms with van der Waals surface area (Å²) in [6.07, 6.45) is -1.88. The molecule has 2 atom stereocenters. The number of carbonyl (C=O) groups excluding carboxylic acids is 1. The van der Waals surface area contributed by atoms with Gasteiger partial charge in [0.1, 0.15) is 13.2 Å². The van der Waals surface area contributed by atoms with Gasteiger partial charge in [0.2, 0.25) is 5.91 Å². The van der Waals surface area contributed by atoms with Gasteiger partial charge in [-0.2, -0.15) is 0 Å². The lowest BCUT2D eigenvalue weighted by Crippen LogP contribution is -2.46. The Kier molecular flexibility index (Phi) is 5.53. The van der Waals surface area contributed by atoms with E-state index in [0.29, 0.717) is 11.3 Å². The molecule has 0 bridgehead atoms. The van der Waals surface area contributed by atoms with E-state index in [1.54, 1.807) is 24.3 Å². The van der Waals surface area contributed by atoms with E-state index in [4.69, 9.17) is 0 Å². The molecule has 23 heavy (non-hydrogen) atoms. The topological polar surface area (TPSA) is 111 Å². The average Bonchev–Trinajstić information content (AvgIpc) is 2.98. The molecule has 0 saturated carbocycles. The summed E-state index contributed by atoms with van der Waals surface area (Å²) < 4.78 is 0. The molecule has 1 aromatic rings. The van der Waals surface area contributed by atoms with Gasteiger partial charge in [0.25, 0.3) is 0 Å². The van der Waals surface area contributed by atoms with E-state index in [2.05, 4.69) is 15.3 Å². The van der Waals surface area contributed by atoms with Crippen LogP contribution in [0.3, 0.4) is 0 Å². The number of rotatable bonds is 5. The Morgan fingerprint density at radius 2 is 2.13 bits per heavy atom. The number of nitrogens with one attached hydrogen (secondary N) is 1. The summed E-state index contributed by atoms with van der Waals surface area (Å²) in [4.78, 5) is 29.1. The maximum Gasteiger partial charge on any atom is 0.408 e. The van der Waals surface area contributed by atoms with Gasteiger partial charge in [-0.05, 0) is 5.56 Å². The molecule has 3 N–H and O–H groups in total. The Labute approximate surface area is 133 Å². The van der Waals surface area contributed by atoms with Crippen molar-refractivity contribution < 1.29 is 24.6 Å². The Balaban J connectivity index is 1.96. The van der Waals surface area contributed by atoms with Crippen LogP contribution in [0, 0.1) is 0 Å². The lowest BCUT2D eigenvalue weighted by Gasteiger charge is -2.21. The first-order valence-corrected chi connectivity index (χ1v) is 7.12. The maximum absolute atomic E-state index is 12.2. The molecule has 2 rings (SSSR count). The molecule has 1 aliphatic heterocycles. The van der Waals surface area contributed by atoms with Crippen LogP contribution in [-0.2, 0) is 9.63 Å².